The van der Waals surface area contributed by atoms with Crippen LogP contribution in [0.4, 0.5) is 11.5 Å². The van der Waals surface area contributed by atoms with Crippen molar-refractivity contribution in [1.29, 1.82) is 0 Å². The molecule has 1 heterocycles. The van der Waals surface area contributed by atoms with Crippen LogP contribution in [0.1, 0.15) is 5.82 Å². The van der Waals surface area contributed by atoms with E-state index in [1.54, 1.807) is 12.3 Å². The van der Waals surface area contributed by atoms with Crippen LogP contribution >= 0.6 is 11.6 Å². The molecule has 0 spiro atoms. The lowest BCUT2D eigenvalue weighted by Gasteiger charge is -2.06. The number of benzene rings is 1. The molecule has 0 aliphatic rings. The summed E-state index contributed by atoms with van der Waals surface area (Å²) in [6.07, 6.45) is 2.38. The maximum atomic E-state index is 5.88. The summed E-state index contributed by atoms with van der Waals surface area (Å²) in [4.78, 5) is 8.25. The van der Waals surface area contributed by atoms with Gasteiger partial charge in [-0.05, 0) is 24.3 Å². The minimum Gasteiger partial charge on any atom is -0.385 e. The fraction of sp³-hybridized carbons (Fsp3) is 0.167. The first-order valence-corrected chi connectivity index (χ1v) is 5.69. The average Bonchev–Trinajstić information content (AvgIpc) is 2.29. The van der Waals surface area contributed by atoms with Gasteiger partial charge in [0.15, 0.2) is 0 Å². The molecule has 0 unspecified atom stereocenters. The summed E-state index contributed by atoms with van der Waals surface area (Å²) in [7, 11) is 0. The molecule has 2 aromatic rings. The minimum atomic E-state index is 0.498. The predicted octanol–water partition coefficient (Wildman–Crippen LogP) is 2.37. The van der Waals surface area contributed by atoms with Gasteiger partial charge >= 0.3 is 0 Å². The molecule has 2 rings (SSSR count). The van der Waals surface area contributed by atoms with Crippen LogP contribution in [0, 0.1) is 0 Å². The maximum Gasteiger partial charge on any atom is 0.132 e. The van der Waals surface area contributed by atoms with Crippen molar-refractivity contribution >= 4 is 23.1 Å². The molecular weight excluding hydrogens is 236 g/mol. The summed E-state index contributed by atoms with van der Waals surface area (Å²) in [5.74, 6) is 1.23. The zero-order chi connectivity index (χ0) is 12.1. The summed E-state index contributed by atoms with van der Waals surface area (Å²) in [6, 6.07) is 9.26. The number of nitrogen functional groups attached to an aromatic ring is 1. The van der Waals surface area contributed by atoms with E-state index in [0.29, 0.717) is 5.82 Å². The van der Waals surface area contributed by atoms with Crippen LogP contribution in [-0.2, 0) is 6.42 Å². The number of hydrogen-bond acceptors (Lipinski definition) is 4. The van der Waals surface area contributed by atoms with Gasteiger partial charge in [-0.15, -0.1) is 0 Å². The molecule has 88 valence electrons. The number of rotatable bonds is 4. The molecule has 0 bridgehead atoms. The second-order valence-corrected chi connectivity index (χ2v) is 4.02. The molecule has 4 nitrogen and oxygen atoms in total. The summed E-state index contributed by atoms with van der Waals surface area (Å²) in [5, 5.41) is 3.97. The molecule has 0 radical (unpaired) electrons. The standard InChI is InChI=1S/C12H13ClN4/c13-9-2-1-3-10(8-9)15-7-5-12-16-6-4-11(14)17-12/h1-4,6,8,15H,5,7H2,(H2,14,16,17). The SMILES string of the molecule is Nc1ccnc(CCNc2cccc(Cl)c2)n1. The van der Waals surface area contributed by atoms with Crippen LogP contribution < -0.4 is 11.1 Å². The monoisotopic (exact) mass is 248 g/mol. The van der Waals surface area contributed by atoms with Gasteiger partial charge in [-0.3, -0.25) is 0 Å². The van der Waals surface area contributed by atoms with E-state index >= 15 is 0 Å². The maximum absolute atomic E-state index is 5.88. The lowest BCUT2D eigenvalue weighted by Crippen LogP contribution is -2.08. The number of nitrogens with zero attached hydrogens (tertiary/aromatic N) is 2. The molecule has 0 amide bonds. The van der Waals surface area contributed by atoms with E-state index in [0.717, 1.165) is 29.5 Å². The van der Waals surface area contributed by atoms with Gasteiger partial charge in [-0.25, -0.2) is 9.97 Å². The molecule has 0 aliphatic heterocycles. The Hall–Kier alpha value is -1.81. The minimum absolute atomic E-state index is 0.498. The van der Waals surface area contributed by atoms with Crippen LogP contribution in [0.25, 0.3) is 0 Å². The molecule has 3 N–H and O–H groups in total. The smallest absolute Gasteiger partial charge is 0.132 e. The lowest BCUT2D eigenvalue weighted by atomic mass is 10.3. The van der Waals surface area contributed by atoms with Crippen molar-refractivity contribution in [3.05, 3.63) is 47.4 Å². The molecule has 5 heteroatoms. The Labute approximate surface area is 105 Å². The third kappa shape index (κ3) is 3.60. The summed E-state index contributed by atoms with van der Waals surface area (Å²) < 4.78 is 0. The highest BCUT2D eigenvalue weighted by Crippen LogP contribution is 2.14. The van der Waals surface area contributed by atoms with Crippen LogP contribution in [0.15, 0.2) is 36.5 Å². The molecule has 0 fully saturated rings. The zero-order valence-electron chi connectivity index (χ0n) is 9.23. The lowest BCUT2D eigenvalue weighted by molar-refractivity contribution is 0.898. The molecule has 0 saturated carbocycles. The van der Waals surface area contributed by atoms with Crippen LogP contribution in [0.5, 0.6) is 0 Å². The second-order valence-electron chi connectivity index (χ2n) is 3.58. The quantitative estimate of drug-likeness (QED) is 0.872. The second kappa shape index (κ2) is 5.50. The molecule has 0 atom stereocenters. The molecule has 0 aliphatic carbocycles. The third-order valence-electron chi connectivity index (χ3n) is 2.23. The van der Waals surface area contributed by atoms with E-state index in [-0.39, 0.29) is 0 Å². The first kappa shape index (κ1) is 11.7. The zero-order valence-corrected chi connectivity index (χ0v) is 9.98. The largest absolute Gasteiger partial charge is 0.385 e. The number of anilines is 2. The summed E-state index contributed by atoms with van der Waals surface area (Å²) in [5.41, 5.74) is 6.56. The van der Waals surface area contributed by atoms with Crippen molar-refractivity contribution < 1.29 is 0 Å². The Bertz CT molecular complexity index is 456. The van der Waals surface area contributed by atoms with Crippen molar-refractivity contribution in [3.8, 4) is 0 Å². The van der Waals surface area contributed by atoms with Crippen LogP contribution in [0.3, 0.4) is 0 Å². The Morgan fingerprint density at radius 2 is 2.18 bits per heavy atom. The van der Waals surface area contributed by atoms with Gasteiger partial charge in [0.25, 0.3) is 0 Å². The number of halogens is 1. The van der Waals surface area contributed by atoms with Gasteiger partial charge in [0.2, 0.25) is 0 Å². The summed E-state index contributed by atoms with van der Waals surface area (Å²) in [6.45, 7) is 0.740. The van der Waals surface area contributed by atoms with Gasteiger partial charge in [0, 0.05) is 29.9 Å². The van der Waals surface area contributed by atoms with Gasteiger partial charge in [0.05, 0.1) is 0 Å². The molecule has 0 saturated heterocycles. The number of nitrogens with two attached hydrogens (primary N) is 1. The van der Waals surface area contributed by atoms with Crippen LogP contribution in [0.2, 0.25) is 5.02 Å². The van der Waals surface area contributed by atoms with E-state index in [4.69, 9.17) is 17.3 Å². The van der Waals surface area contributed by atoms with E-state index in [2.05, 4.69) is 15.3 Å². The highest BCUT2D eigenvalue weighted by molar-refractivity contribution is 6.30. The van der Waals surface area contributed by atoms with Crippen molar-refractivity contribution in [2.45, 2.75) is 6.42 Å². The Kier molecular flexibility index (Phi) is 3.77. The van der Waals surface area contributed by atoms with Gasteiger partial charge < -0.3 is 11.1 Å². The Morgan fingerprint density at radius 3 is 2.94 bits per heavy atom. The van der Waals surface area contributed by atoms with Crippen molar-refractivity contribution in [3.63, 3.8) is 0 Å². The first-order chi connectivity index (χ1) is 8.24. The molecule has 1 aromatic heterocycles. The van der Waals surface area contributed by atoms with Gasteiger partial charge in [0.1, 0.15) is 11.6 Å². The average molecular weight is 249 g/mol. The normalized spacial score (nSPS) is 10.2. The molecular formula is C12H13ClN4. The predicted molar refractivity (Wildman–Crippen MR) is 70.1 cm³/mol. The van der Waals surface area contributed by atoms with E-state index in [9.17, 15) is 0 Å². The number of aromatic nitrogens is 2. The fourth-order valence-electron chi connectivity index (χ4n) is 1.45. The first-order valence-electron chi connectivity index (χ1n) is 5.31. The molecule has 17 heavy (non-hydrogen) atoms. The van der Waals surface area contributed by atoms with Gasteiger partial charge in [-0.1, -0.05) is 17.7 Å². The van der Waals surface area contributed by atoms with Crippen molar-refractivity contribution in [2.75, 3.05) is 17.6 Å². The number of hydrogen-bond donors (Lipinski definition) is 2. The topological polar surface area (TPSA) is 63.8 Å². The Balaban J connectivity index is 1.87. The fourth-order valence-corrected chi connectivity index (χ4v) is 1.64. The van der Waals surface area contributed by atoms with E-state index in [1.165, 1.54) is 0 Å². The van der Waals surface area contributed by atoms with E-state index in [1.807, 2.05) is 24.3 Å². The Morgan fingerprint density at radius 1 is 1.29 bits per heavy atom. The highest BCUT2D eigenvalue weighted by atomic mass is 35.5. The van der Waals surface area contributed by atoms with Crippen molar-refractivity contribution in [2.24, 2.45) is 0 Å². The number of nitrogens with one attached hydrogen (secondary N) is 1. The van der Waals surface area contributed by atoms with Crippen molar-refractivity contribution in [1.82, 2.24) is 9.97 Å². The summed E-state index contributed by atoms with van der Waals surface area (Å²) >= 11 is 5.88. The van der Waals surface area contributed by atoms with Gasteiger partial charge in [-0.2, -0.15) is 0 Å². The van der Waals surface area contributed by atoms with E-state index < -0.39 is 0 Å². The highest BCUT2D eigenvalue weighted by Gasteiger charge is 1.98. The van der Waals surface area contributed by atoms with Crippen LogP contribution in [-0.4, -0.2) is 16.5 Å². The third-order valence-corrected chi connectivity index (χ3v) is 2.46. The molecule has 1 aromatic carbocycles.